The Hall–Kier alpha value is -1.38. The largest absolute Gasteiger partial charge is 0.508 e. The highest BCUT2D eigenvalue weighted by Crippen LogP contribution is 2.33. The van der Waals surface area contributed by atoms with Crippen molar-refractivity contribution in [3.8, 4) is 5.75 Å². The van der Waals surface area contributed by atoms with Crippen LogP contribution in [-0.2, 0) is 13.0 Å². The third-order valence-corrected chi connectivity index (χ3v) is 3.99. The third kappa shape index (κ3) is 2.51. The van der Waals surface area contributed by atoms with Gasteiger partial charge in [0.2, 0.25) is 0 Å². The van der Waals surface area contributed by atoms with Crippen molar-refractivity contribution in [1.29, 1.82) is 0 Å². The smallest absolute Gasteiger partial charge is 0.115 e. The van der Waals surface area contributed by atoms with Gasteiger partial charge in [-0.15, -0.1) is 0 Å². The molecule has 0 aromatic heterocycles. The van der Waals surface area contributed by atoms with Crippen LogP contribution >= 0.6 is 23.2 Å². The van der Waals surface area contributed by atoms with Crippen LogP contribution in [0.4, 0.5) is 5.69 Å². The van der Waals surface area contributed by atoms with Crippen LogP contribution in [0.2, 0.25) is 10.0 Å². The summed E-state index contributed by atoms with van der Waals surface area (Å²) in [6.07, 6.45) is 0.905. The van der Waals surface area contributed by atoms with Crippen molar-refractivity contribution >= 4 is 28.9 Å². The van der Waals surface area contributed by atoms with Gasteiger partial charge in [-0.05, 0) is 47.9 Å². The van der Waals surface area contributed by atoms with Gasteiger partial charge in [0.15, 0.2) is 0 Å². The van der Waals surface area contributed by atoms with Crippen LogP contribution in [0.15, 0.2) is 36.4 Å². The number of phenols is 1. The van der Waals surface area contributed by atoms with Gasteiger partial charge in [-0.2, -0.15) is 0 Å². The first kappa shape index (κ1) is 12.6. The van der Waals surface area contributed by atoms with Crippen LogP contribution in [0.1, 0.15) is 11.1 Å². The van der Waals surface area contributed by atoms with E-state index in [9.17, 15) is 5.11 Å². The Bertz CT molecular complexity index is 628. The van der Waals surface area contributed by atoms with Gasteiger partial charge in [0.1, 0.15) is 5.75 Å². The molecule has 2 aromatic rings. The molecule has 1 aliphatic rings. The fourth-order valence-corrected chi connectivity index (χ4v) is 3.01. The first-order valence-corrected chi connectivity index (χ1v) is 6.90. The summed E-state index contributed by atoms with van der Waals surface area (Å²) in [4.78, 5) is 2.23. The standard InChI is InChI=1S/C15H13Cl2NO/c16-12-2-4-15(14(17)8-12)18-6-5-10-7-13(19)3-1-11(10)9-18/h1-4,7-8,19H,5-6,9H2. The summed E-state index contributed by atoms with van der Waals surface area (Å²) in [6.45, 7) is 1.69. The van der Waals surface area contributed by atoms with Crippen LogP contribution in [0.3, 0.4) is 0 Å². The van der Waals surface area contributed by atoms with E-state index < -0.39 is 0 Å². The highest BCUT2D eigenvalue weighted by atomic mass is 35.5. The third-order valence-electron chi connectivity index (χ3n) is 3.45. The summed E-state index contributed by atoms with van der Waals surface area (Å²) in [5.41, 5.74) is 3.45. The molecule has 0 saturated heterocycles. The van der Waals surface area contributed by atoms with Crippen molar-refractivity contribution in [3.63, 3.8) is 0 Å². The van der Waals surface area contributed by atoms with E-state index in [1.807, 2.05) is 24.3 Å². The van der Waals surface area contributed by atoms with E-state index in [1.165, 1.54) is 11.1 Å². The van der Waals surface area contributed by atoms with Crippen molar-refractivity contribution < 1.29 is 5.11 Å². The van der Waals surface area contributed by atoms with E-state index in [-0.39, 0.29) is 0 Å². The number of aromatic hydroxyl groups is 1. The van der Waals surface area contributed by atoms with Crippen molar-refractivity contribution in [2.45, 2.75) is 13.0 Å². The number of anilines is 1. The Labute approximate surface area is 122 Å². The van der Waals surface area contributed by atoms with Gasteiger partial charge in [0, 0.05) is 18.1 Å². The monoisotopic (exact) mass is 293 g/mol. The lowest BCUT2D eigenvalue weighted by atomic mass is 9.99. The first-order chi connectivity index (χ1) is 9.13. The zero-order valence-electron chi connectivity index (χ0n) is 10.2. The molecule has 3 rings (SSSR count). The Kier molecular flexibility index (Phi) is 3.29. The van der Waals surface area contributed by atoms with E-state index >= 15 is 0 Å². The Morgan fingerprint density at radius 1 is 1.00 bits per heavy atom. The minimum absolute atomic E-state index is 0.330. The molecule has 1 aliphatic heterocycles. The lowest BCUT2D eigenvalue weighted by molar-refractivity contribution is 0.473. The minimum Gasteiger partial charge on any atom is -0.508 e. The second-order valence-electron chi connectivity index (χ2n) is 4.72. The summed E-state index contributed by atoms with van der Waals surface area (Å²) in [5.74, 6) is 0.330. The maximum atomic E-state index is 9.50. The maximum Gasteiger partial charge on any atom is 0.115 e. The van der Waals surface area contributed by atoms with E-state index in [0.717, 1.165) is 25.2 Å². The molecule has 1 heterocycles. The van der Waals surface area contributed by atoms with E-state index in [0.29, 0.717) is 15.8 Å². The molecule has 0 unspecified atom stereocenters. The molecule has 0 fully saturated rings. The van der Waals surface area contributed by atoms with Crippen LogP contribution in [0.5, 0.6) is 5.75 Å². The molecule has 1 N–H and O–H groups in total. The first-order valence-electron chi connectivity index (χ1n) is 6.14. The molecule has 0 saturated carbocycles. The maximum absolute atomic E-state index is 9.50. The molecule has 0 bridgehead atoms. The zero-order valence-corrected chi connectivity index (χ0v) is 11.7. The molecule has 2 nitrogen and oxygen atoms in total. The summed E-state index contributed by atoms with van der Waals surface area (Å²) < 4.78 is 0. The van der Waals surface area contributed by atoms with Crippen molar-refractivity contribution in [2.75, 3.05) is 11.4 Å². The van der Waals surface area contributed by atoms with Gasteiger partial charge in [-0.1, -0.05) is 29.3 Å². The van der Waals surface area contributed by atoms with Gasteiger partial charge in [0.05, 0.1) is 10.7 Å². The number of hydrogen-bond acceptors (Lipinski definition) is 2. The number of phenolic OH excluding ortho intramolecular Hbond substituents is 1. The summed E-state index contributed by atoms with van der Waals surface area (Å²) in [6, 6.07) is 11.1. The molecular weight excluding hydrogens is 281 g/mol. The van der Waals surface area contributed by atoms with Crippen molar-refractivity contribution in [1.82, 2.24) is 0 Å². The normalized spacial score (nSPS) is 14.3. The predicted octanol–water partition coefficient (Wildman–Crippen LogP) is 4.26. The quantitative estimate of drug-likeness (QED) is 0.849. The highest BCUT2D eigenvalue weighted by Gasteiger charge is 2.18. The number of halogens is 2. The Morgan fingerprint density at radius 2 is 1.84 bits per heavy atom. The second kappa shape index (κ2) is 4.95. The average molecular weight is 294 g/mol. The van der Waals surface area contributed by atoms with Crippen LogP contribution in [0, 0.1) is 0 Å². The van der Waals surface area contributed by atoms with Gasteiger partial charge < -0.3 is 10.0 Å². The van der Waals surface area contributed by atoms with Crippen LogP contribution < -0.4 is 4.90 Å². The lowest BCUT2D eigenvalue weighted by Crippen LogP contribution is -2.30. The Balaban J connectivity index is 1.91. The molecule has 2 aromatic carbocycles. The predicted molar refractivity (Wildman–Crippen MR) is 79.3 cm³/mol. The molecule has 0 radical (unpaired) electrons. The van der Waals surface area contributed by atoms with Crippen LogP contribution in [0.25, 0.3) is 0 Å². The number of rotatable bonds is 1. The molecule has 19 heavy (non-hydrogen) atoms. The van der Waals surface area contributed by atoms with E-state index in [2.05, 4.69) is 4.90 Å². The lowest BCUT2D eigenvalue weighted by Gasteiger charge is -2.31. The number of benzene rings is 2. The Morgan fingerprint density at radius 3 is 2.63 bits per heavy atom. The summed E-state index contributed by atoms with van der Waals surface area (Å²) >= 11 is 12.2. The summed E-state index contributed by atoms with van der Waals surface area (Å²) in [7, 11) is 0. The van der Waals surface area contributed by atoms with Gasteiger partial charge >= 0.3 is 0 Å². The minimum atomic E-state index is 0.330. The van der Waals surface area contributed by atoms with E-state index in [4.69, 9.17) is 23.2 Å². The number of nitrogens with zero attached hydrogens (tertiary/aromatic N) is 1. The topological polar surface area (TPSA) is 23.5 Å². The van der Waals surface area contributed by atoms with Gasteiger partial charge in [0.25, 0.3) is 0 Å². The molecular formula is C15H13Cl2NO. The highest BCUT2D eigenvalue weighted by molar-refractivity contribution is 6.36. The number of hydrogen-bond donors (Lipinski definition) is 1. The molecule has 0 spiro atoms. The van der Waals surface area contributed by atoms with Crippen molar-refractivity contribution in [3.05, 3.63) is 57.6 Å². The average Bonchev–Trinajstić information content (AvgIpc) is 2.38. The molecule has 0 amide bonds. The van der Waals surface area contributed by atoms with Crippen molar-refractivity contribution in [2.24, 2.45) is 0 Å². The zero-order chi connectivity index (χ0) is 13.4. The molecule has 0 aliphatic carbocycles. The second-order valence-corrected chi connectivity index (χ2v) is 5.56. The summed E-state index contributed by atoms with van der Waals surface area (Å²) in [5, 5.41) is 10.8. The molecule has 98 valence electrons. The van der Waals surface area contributed by atoms with Gasteiger partial charge in [-0.25, -0.2) is 0 Å². The molecule has 4 heteroatoms. The van der Waals surface area contributed by atoms with E-state index in [1.54, 1.807) is 12.1 Å². The molecule has 0 atom stereocenters. The fourth-order valence-electron chi connectivity index (χ4n) is 2.48. The number of fused-ring (bicyclic) bond motifs is 1. The van der Waals surface area contributed by atoms with Crippen LogP contribution in [-0.4, -0.2) is 11.7 Å². The SMILES string of the molecule is Oc1ccc2c(c1)CCN(c1ccc(Cl)cc1Cl)C2. The van der Waals surface area contributed by atoms with Gasteiger partial charge in [-0.3, -0.25) is 0 Å². The fraction of sp³-hybridized carbons (Fsp3) is 0.200.